The number of nitrogens with zero attached hydrogens (tertiary/aromatic N) is 1. The van der Waals surface area contributed by atoms with Gasteiger partial charge in [-0.3, -0.25) is 0 Å². The summed E-state index contributed by atoms with van der Waals surface area (Å²) in [7, 11) is -0.327. The highest BCUT2D eigenvalue weighted by Crippen LogP contribution is 2.27. The van der Waals surface area contributed by atoms with Gasteiger partial charge in [-0.25, -0.2) is 12.4 Å². The molecule has 1 N–H and O–H groups in total. The minimum absolute atomic E-state index is 0.220. The van der Waals surface area contributed by atoms with Crippen molar-refractivity contribution in [2.24, 2.45) is 0 Å². The van der Waals surface area contributed by atoms with E-state index in [4.69, 9.17) is 4.74 Å². The van der Waals surface area contributed by atoms with Crippen LogP contribution in [0.15, 0.2) is 71.8 Å². The first kappa shape index (κ1) is 17.3. The Kier molecular flexibility index (Phi) is 4.92. The first-order chi connectivity index (χ1) is 12.1. The standard InChI is InChI=1S/C19H20N2O3S/c1-20-13-15-12-19(16-6-4-3-5-7-16)21(14-15)25(22,23)18-10-8-17(24-2)9-11-18/h3-12,14,20H,13H2,1-2H3. The average Bonchev–Trinajstić information content (AvgIpc) is 3.08. The Hall–Kier alpha value is -2.57. The molecule has 0 fully saturated rings. The fourth-order valence-electron chi connectivity index (χ4n) is 2.68. The van der Waals surface area contributed by atoms with Crippen molar-refractivity contribution in [3.63, 3.8) is 0 Å². The summed E-state index contributed by atoms with van der Waals surface area (Å²) in [6.07, 6.45) is 1.67. The zero-order chi connectivity index (χ0) is 17.9. The van der Waals surface area contributed by atoms with Gasteiger partial charge in [0, 0.05) is 12.7 Å². The second kappa shape index (κ2) is 7.13. The molecule has 0 radical (unpaired) electrons. The summed E-state index contributed by atoms with van der Waals surface area (Å²) >= 11 is 0. The van der Waals surface area contributed by atoms with Gasteiger partial charge in [-0.2, -0.15) is 0 Å². The van der Waals surface area contributed by atoms with Crippen molar-refractivity contribution in [3.8, 4) is 17.0 Å². The summed E-state index contributed by atoms with van der Waals surface area (Å²) in [4.78, 5) is 0.220. The Bertz CT molecular complexity index is 946. The van der Waals surface area contributed by atoms with Crippen LogP contribution in [-0.2, 0) is 16.6 Å². The number of hydrogen-bond donors (Lipinski definition) is 1. The number of nitrogens with one attached hydrogen (secondary N) is 1. The maximum absolute atomic E-state index is 13.1. The quantitative estimate of drug-likeness (QED) is 0.737. The van der Waals surface area contributed by atoms with Gasteiger partial charge >= 0.3 is 0 Å². The smallest absolute Gasteiger partial charge is 0.268 e. The molecule has 3 rings (SSSR count). The molecular weight excluding hydrogens is 336 g/mol. The topological polar surface area (TPSA) is 60.3 Å². The summed E-state index contributed by atoms with van der Waals surface area (Å²) in [6, 6.07) is 17.8. The Morgan fingerprint density at radius 3 is 2.32 bits per heavy atom. The molecule has 0 aliphatic carbocycles. The van der Waals surface area contributed by atoms with E-state index in [0.717, 1.165) is 11.1 Å². The van der Waals surface area contributed by atoms with Crippen LogP contribution in [0.1, 0.15) is 5.56 Å². The van der Waals surface area contributed by atoms with E-state index < -0.39 is 10.0 Å². The molecule has 0 atom stereocenters. The van der Waals surface area contributed by atoms with Gasteiger partial charge in [-0.1, -0.05) is 30.3 Å². The monoisotopic (exact) mass is 356 g/mol. The zero-order valence-electron chi connectivity index (χ0n) is 14.1. The fourth-order valence-corrected chi connectivity index (χ4v) is 4.08. The molecule has 6 heteroatoms. The van der Waals surface area contributed by atoms with Crippen LogP contribution in [0.3, 0.4) is 0 Å². The molecule has 1 heterocycles. The van der Waals surface area contributed by atoms with Crippen LogP contribution < -0.4 is 10.1 Å². The van der Waals surface area contributed by atoms with Crippen LogP contribution in [0, 0.1) is 0 Å². The molecule has 0 unspecified atom stereocenters. The maximum atomic E-state index is 13.1. The largest absolute Gasteiger partial charge is 0.497 e. The minimum Gasteiger partial charge on any atom is -0.497 e. The highest BCUT2D eigenvalue weighted by Gasteiger charge is 2.21. The second-order valence-corrected chi connectivity index (χ2v) is 7.42. The van der Waals surface area contributed by atoms with E-state index in [9.17, 15) is 8.42 Å². The molecule has 25 heavy (non-hydrogen) atoms. The third kappa shape index (κ3) is 3.45. The Morgan fingerprint density at radius 1 is 1.04 bits per heavy atom. The summed E-state index contributed by atoms with van der Waals surface area (Å²) in [5, 5.41) is 3.06. The zero-order valence-corrected chi connectivity index (χ0v) is 15.0. The highest BCUT2D eigenvalue weighted by molar-refractivity contribution is 7.90. The molecule has 0 saturated carbocycles. The summed E-state index contributed by atoms with van der Waals surface area (Å²) in [6.45, 7) is 0.588. The predicted molar refractivity (Wildman–Crippen MR) is 98.2 cm³/mol. The van der Waals surface area contributed by atoms with Gasteiger partial charge in [0.1, 0.15) is 5.75 Å². The number of methoxy groups -OCH3 is 1. The van der Waals surface area contributed by atoms with E-state index in [1.54, 1.807) is 37.6 Å². The summed E-state index contributed by atoms with van der Waals surface area (Å²) in [5.74, 6) is 0.616. The van der Waals surface area contributed by atoms with Gasteiger partial charge in [0.25, 0.3) is 10.0 Å². The predicted octanol–water partition coefficient (Wildman–Crippen LogP) is 3.12. The van der Waals surface area contributed by atoms with E-state index in [1.807, 2.05) is 43.4 Å². The third-order valence-corrected chi connectivity index (χ3v) is 5.60. The van der Waals surface area contributed by atoms with Gasteiger partial charge in [0.05, 0.1) is 17.7 Å². The molecule has 0 aliphatic heterocycles. The number of aromatic nitrogens is 1. The molecule has 0 amide bonds. The van der Waals surface area contributed by atoms with Crippen molar-refractivity contribution in [2.45, 2.75) is 11.4 Å². The van der Waals surface area contributed by atoms with E-state index >= 15 is 0 Å². The van der Waals surface area contributed by atoms with Crippen LogP contribution in [-0.4, -0.2) is 26.5 Å². The summed E-state index contributed by atoms with van der Waals surface area (Å²) < 4.78 is 32.7. The molecule has 0 aliphatic rings. The van der Waals surface area contributed by atoms with Crippen LogP contribution >= 0.6 is 0 Å². The van der Waals surface area contributed by atoms with Crippen molar-refractivity contribution in [3.05, 3.63) is 72.4 Å². The van der Waals surface area contributed by atoms with E-state index in [2.05, 4.69) is 5.32 Å². The van der Waals surface area contributed by atoms with Crippen molar-refractivity contribution in [1.29, 1.82) is 0 Å². The highest BCUT2D eigenvalue weighted by atomic mass is 32.2. The number of rotatable bonds is 6. The average molecular weight is 356 g/mol. The molecule has 130 valence electrons. The van der Waals surface area contributed by atoms with Crippen molar-refractivity contribution in [2.75, 3.05) is 14.2 Å². The van der Waals surface area contributed by atoms with Crippen molar-refractivity contribution in [1.82, 2.24) is 9.29 Å². The minimum atomic E-state index is -3.71. The second-order valence-electron chi connectivity index (χ2n) is 5.61. The van der Waals surface area contributed by atoms with Crippen molar-refractivity contribution < 1.29 is 13.2 Å². The first-order valence-corrected chi connectivity index (χ1v) is 9.31. The Labute approximate surface area is 147 Å². The van der Waals surface area contributed by atoms with Crippen LogP contribution in [0.25, 0.3) is 11.3 Å². The van der Waals surface area contributed by atoms with Gasteiger partial charge in [-0.05, 0) is 48.5 Å². The lowest BCUT2D eigenvalue weighted by molar-refractivity contribution is 0.414. The molecule has 0 bridgehead atoms. The maximum Gasteiger partial charge on any atom is 0.268 e. The van der Waals surface area contributed by atoms with Gasteiger partial charge in [0.15, 0.2) is 0 Å². The number of hydrogen-bond acceptors (Lipinski definition) is 4. The van der Waals surface area contributed by atoms with Crippen LogP contribution in [0.4, 0.5) is 0 Å². The van der Waals surface area contributed by atoms with Crippen LogP contribution in [0.5, 0.6) is 5.75 Å². The molecule has 0 saturated heterocycles. The lowest BCUT2D eigenvalue weighted by Gasteiger charge is -2.11. The fraction of sp³-hybridized carbons (Fsp3) is 0.158. The molecule has 5 nitrogen and oxygen atoms in total. The normalized spacial score (nSPS) is 11.4. The van der Waals surface area contributed by atoms with E-state index in [0.29, 0.717) is 18.0 Å². The SMILES string of the molecule is CNCc1cc(-c2ccccc2)n(S(=O)(=O)c2ccc(OC)cc2)c1. The lowest BCUT2D eigenvalue weighted by Crippen LogP contribution is -2.13. The molecular formula is C19H20N2O3S. The molecule has 3 aromatic rings. The number of ether oxygens (including phenoxy) is 1. The van der Waals surface area contributed by atoms with Gasteiger partial charge < -0.3 is 10.1 Å². The van der Waals surface area contributed by atoms with Gasteiger partial charge in [0.2, 0.25) is 0 Å². The van der Waals surface area contributed by atoms with Gasteiger partial charge in [-0.15, -0.1) is 0 Å². The lowest BCUT2D eigenvalue weighted by atomic mass is 10.1. The Balaban J connectivity index is 2.13. The first-order valence-electron chi connectivity index (χ1n) is 7.87. The Morgan fingerprint density at radius 2 is 1.72 bits per heavy atom. The summed E-state index contributed by atoms with van der Waals surface area (Å²) in [5.41, 5.74) is 2.39. The van der Waals surface area contributed by atoms with E-state index in [1.165, 1.54) is 3.97 Å². The number of benzene rings is 2. The molecule has 2 aromatic carbocycles. The molecule has 0 spiro atoms. The third-order valence-electron chi connectivity index (χ3n) is 3.91. The van der Waals surface area contributed by atoms with Crippen molar-refractivity contribution >= 4 is 10.0 Å². The van der Waals surface area contributed by atoms with Crippen LogP contribution in [0.2, 0.25) is 0 Å². The van der Waals surface area contributed by atoms with E-state index in [-0.39, 0.29) is 4.90 Å². The molecule has 1 aromatic heterocycles.